The van der Waals surface area contributed by atoms with Crippen molar-refractivity contribution in [1.29, 1.82) is 0 Å². The molecule has 1 amide bonds. The van der Waals surface area contributed by atoms with E-state index in [9.17, 15) is 4.79 Å². The van der Waals surface area contributed by atoms with Crippen LogP contribution >= 0.6 is 0 Å². The van der Waals surface area contributed by atoms with Crippen molar-refractivity contribution in [2.45, 2.75) is 12.8 Å². The number of hydrogen-bond donors (Lipinski definition) is 2. The van der Waals surface area contributed by atoms with Crippen molar-refractivity contribution in [3.05, 3.63) is 67.4 Å². The van der Waals surface area contributed by atoms with E-state index in [0.29, 0.717) is 5.92 Å². The van der Waals surface area contributed by atoms with Crippen LogP contribution < -0.4 is 10.6 Å². The SMILES string of the molecule is C=CC(=O)Nc1cccc(-c2cc3c(NCC4CCN(C)CC4)cccc3cn2)c1. The van der Waals surface area contributed by atoms with E-state index in [1.165, 1.54) is 32.0 Å². The van der Waals surface area contributed by atoms with Gasteiger partial charge in [-0.05, 0) is 69.2 Å². The van der Waals surface area contributed by atoms with Gasteiger partial charge in [0.25, 0.3) is 0 Å². The minimum absolute atomic E-state index is 0.223. The molecule has 0 atom stereocenters. The van der Waals surface area contributed by atoms with Crippen LogP contribution in [0.15, 0.2) is 67.4 Å². The highest BCUT2D eigenvalue weighted by Crippen LogP contribution is 2.29. The zero-order chi connectivity index (χ0) is 20.9. The van der Waals surface area contributed by atoms with Gasteiger partial charge >= 0.3 is 0 Å². The number of anilines is 2. The fourth-order valence-corrected chi connectivity index (χ4v) is 3.95. The summed E-state index contributed by atoms with van der Waals surface area (Å²) >= 11 is 0. The van der Waals surface area contributed by atoms with Crippen LogP contribution in [0.25, 0.3) is 22.0 Å². The number of aromatic nitrogens is 1. The number of rotatable bonds is 6. The number of piperidine rings is 1. The average Bonchev–Trinajstić information content (AvgIpc) is 2.78. The fourth-order valence-electron chi connectivity index (χ4n) is 3.95. The van der Waals surface area contributed by atoms with Gasteiger partial charge < -0.3 is 15.5 Å². The van der Waals surface area contributed by atoms with E-state index in [1.807, 2.05) is 30.5 Å². The second-order valence-corrected chi connectivity index (χ2v) is 8.00. The number of benzene rings is 2. The molecule has 1 aliphatic rings. The summed E-state index contributed by atoms with van der Waals surface area (Å²) < 4.78 is 0. The second kappa shape index (κ2) is 9.09. The van der Waals surface area contributed by atoms with E-state index in [1.54, 1.807) is 0 Å². The van der Waals surface area contributed by atoms with Gasteiger partial charge in [0, 0.05) is 40.5 Å². The standard InChI is InChI=1S/C25H28N4O/c1-3-25(30)28-21-8-4-6-19(14-21)24-15-22-20(17-27-24)7-5-9-23(22)26-16-18-10-12-29(2)13-11-18/h3-9,14-15,17-18,26H,1,10-13,16H2,2H3,(H,28,30). The Morgan fingerprint density at radius 3 is 2.80 bits per heavy atom. The van der Waals surface area contributed by atoms with Gasteiger partial charge in [0.05, 0.1) is 5.69 Å². The van der Waals surface area contributed by atoms with Gasteiger partial charge in [-0.3, -0.25) is 9.78 Å². The Balaban J connectivity index is 1.57. The Kier molecular flexibility index (Phi) is 6.10. The largest absolute Gasteiger partial charge is 0.384 e. The fraction of sp³-hybridized carbons (Fsp3) is 0.280. The molecule has 3 aromatic rings. The van der Waals surface area contributed by atoms with Gasteiger partial charge in [0.1, 0.15) is 0 Å². The number of pyridine rings is 1. The van der Waals surface area contributed by atoms with E-state index in [-0.39, 0.29) is 5.91 Å². The van der Waals surface area contributed by atoms with Crippen molar-refractivity contribution < 1.29 is 4.79 Å². The van der Waals surface area contributed by atoms with Crippen LogP contribution in [0.1, 0.15) is 12.8 Å². The summed E-state index contributed by atoms with van der Waals surface area (Å²) in [4.78, 5) is 18.7. The number of nitrogens with zero attached hydrogens (tertiary/aromatic N) is 2. The third-order valence-electron chi connectivity index (χ3n) is 5.79. The summed E-state index contributed by atoms with van der Waals surface area (Å²) in [7, 11) is 2.20. The third-order valence-corrected chi connectivity index (χ3v) is 5.79. The Morgan fingerprint density at radius 2 is 2.00 bits per heavy atom. The van der Waals surface area contributed by atoms with E-state index in [2.05, 4.69) is 58.4 Å². The highest BCUT2D eigenvalue weighted by atomic mass is 16.1. The van der Waals surface area contributed by atoms with E-state index in [4.69, 9.17) is 0 Å². The van der Waals surface area contributed by atoms with E-state index >= 15 is 0 Å². The molecule has 1 fully saturated rings. The number of fused-ring (bicyclic) bond motifs is 1. The number of carbonyl (C=O) groups is 1. The van der Waals surface area contributed by atoms with Crippen LogP contribution in [0.4, 0.5) is 11.4 Å². The molecular weight excluding hydrogens is 372 g/mol. The molecule has 1 saturated heterocycles. The highest BCUT2D eigenvalue weighted by Gasteiger charge is 2.16. The van der Waals surface area contributed by atoms with Crippen molar-refractivity contribution >= 4 is 28.1 Å². The van der Waals surface area contributed by atoms with Gasteiger partial charge in [0.15, 0.2) is 0 Å². The number of likely N-dealkylation sites (tertiary alicyclic amines) is 1. The smallest absolute Gasteiger partial charge is 0.247 e. The highest BCUT2D eigenvalue weighted by molar-refractivity contribution is 5.99. The molecular formula is C25H28N4O. The molecule has 4 rings (SSSR count). The number of nitrogens with one attached hydrogen (secondary N) is 2. The molecule has 0 radical (unpaired) electrons. The first-order chi connectivity index (χ1) is 14.6. The molecule has 2 N–H and O–H groups in total. The lowest BCUT2D eigenvalue weighted by Gasteiger charge is -2.29. The van der Waals surface area contributed by atoms with Crippen molar-refractivity contribution in [3.8, 4) is 11.3 Å². The van der Waals surface area contributed by atoms with Crippen molar-refractivity contribution in [2.24, 2.45) is 5.92 Å². The van der Waals surface area contributed by atoms with Crippen molar-refractivity contribution in [1.82, 2.24) is 9.88 Å². The number of amides is 1. The number of hydrogen-bond acceptors (Lipinski definition) is 4. The van der Waals surface area contributed by atoms with E-state index < -0.39 is 0 Å². The molecule has 0 bridgehead atoms. The zero-order valence-corrected chi connectivity index (χ0v) is 17.4. The molecule has 0 saturated carbocycles. The zero-order valence-electron chi connectivity index (χ0n) is 17.4. The first kappa shape index (κ1) is 20.1. The Labute approximate surface area is 177 Å². The topological polar surface area (TPSA) is 57.3 Å². The molecule has 0 spiro atoms. The summed E-state index contributed by atoms with van der Waals surface area (Å²) in [6.45, 7) is 6.85. The van der Waals surface area contributed by atoms with Gasteiger partial charge in [-0.15, -0.1) is 0 Å². The maximum Gasteiger partial charge on any atom is 0.247 e. The maximum atomic E-state index is 11.6. The summed E-state index contributed by atoms with van der Waals surface area (Å²) in [5.41, 5.74) is 3.72. The molecule has 5 nitrogen and oxygen atoms in total. The predicted octanol–water partition coefficient (Wildman–Crippen LogP) is 4.78. The molecule has 0 aliphatic carbocycles. The summed E-state index contributed by atoms with van der Waals surface area (Å²) in [5.74, 6) is 0.488. The minimum atomic E-state index is -0.223. The molecule has 1 aromatic heterocycles. The van der Waals surface area contributed by atoms with Crippen LogP contribution in [-0.4, -0.2) is 42.5 Å². The molecule has 0 unspecified atom stereocenters. The molecule has 154 valence electrons. The lowest BCUT2D eigenvalue weighted by atomic mass is 9.97. The third kappa shape index (κ3) is 4.69. The van der Waals surface area contributed by atoms with Gasteiger partial charge in [-0.25, -0.2) is 0 Å². The van der Waals surface area contributed by atoms with Gasteiger partial charge in [-0.1, -0.05) is 30.8 Å². The first-order valence-corrected chi connectivity index (χ1v) is 10.5. The summed E-state index contributed by atoms with van der Waals surface area (Å²) in [6.07, 6.45) is 5.66. The predicted molar refractivity (Wildman–Crippen MR) is 125 cm³/mol. The monoisotopic (exact) mass is 400 g/mol. The molecule has 30 heavy (non-hydrogen) atoms. The Morgan fingerprint density at radius 1 is 1.20 bits per heavy atom. The maximum absolute atomic E-state index is 11.6. The Bertz CT molecular complexity index is 1050. The van der Waals surface area contributed by atoms with Crippen LogP contribution in [0.3, 0.4) is 0 Å². The van der Waals surface area contributed by atoms with Crippen LogP contribution in [0, 0.1) is 5.92 Å². The lowest BCUT2D eigenvalue weighted by Crippen LogP contribution is -2.32. The number of carbonyl (C=O) groups excluding carboxylic acids is 1. The molecule has 5 heteroatoms. The van der Waals surface area contributed by atoms with Crippen molar-refractivity contribution in [2.75, 3.05) is 37.3 Å². The summed E-state index contributed by atoms with van der Waals surface area (Å²) in [6, 6.07) is 16.2. The van der Waals surface area contributed by atoms with Gasteiger partial charge in [0.2, 0.25) is 5.91 Å². The van der Waals surface area contributed by atoms with Gasteiger partial charge in [-0.2, -0.15) is 0 Å². The molecule has 2 aromatic carbocycles. The van der Waals surface area contributed by atoms with E-state index in [0.717, 1.165) is 39.9 Å². The Hall–Kier alpha value is -3.18. The normalized spacial score (nSPS) is 15.1. The minimum Gasteiger partial charge on any atom is -0.384 e. The van der Waals surface area contributed by atoms with Crippen LogP contribution in [0.2, 0.25) is 0 Å². The molecule has 2 heterocycles. The van der Waals surface area contributed by atoms with Crippen molar-refractivity contribution in [3.63, 3.8) is 0 Å². The molecule has 1 aliphatic heterocycles. The average molecular weight is 401 g/mol. The lowest BCUT2D eigenvalue weighted by molar-refractivity contribution is -0.111. The van der Waals surface area contributed by atoms with Crippen LogP contribution in [0.5, 0.6) is 0 Å². The quantitative estimate of drug-likeness (QED) is 0.585. The second-order valence-electron chi connectivity index (χ2n) is 8.00. The van der Waals surface area contributed by atoms with Crippen LogP contribution in [-0.2, 0) is 4.79 Å². The first-order valence-electron chi connectivity index (χ1n) is 10.5. The summed E-state index contributed by atoms with van der Waals surface area (Å²) in [5, 5.41) is 8.77.